The maximum absolute atomic E-state index is 11.9. The van der Waals surface area contributed by atoms with E-state index in [1.54, 1.807) is 13.8 Å². The van der Waals surface area contributed by atoms with Crippen molar-refractivity contribution in [2.45, 2.75) is 52.0 Å². The van der Waals surface area contributed by atoms with Gasteiger partial charge in [0.05, 0.1) is 7.11 Å². The Labute approximate surface area is 151 Å². The molecule has 9 nitrogen and oxygen atoms in total. The van der Waals surface area contributed by atoms with Crippen LogP contribution in [0, 0.1) is 5.92 Å². The highest BCUT2D eigenvalue weighted by Gasteiger charge is 2.46. The van der Waals surface area contributed by atoms with Gasteiger partial charge in [-0.25, -0.2) is 9.79 Å². The summed E-state index contributed by atoms with van der Waals surface area (Å²) >= 11 is 0. The molecule has 2 aliphatic heterocycles. The predicted octanol–water partition coefficient (Wildman–Crippen LogP) is 0.759. The summed E-state index contributed by atoms with van der Waals surface area (Å²) in [4.78, 5) is 38.9. The highest BCUT2D eigenvalue weighted by molar-refractivity contribution is 5.87. The molecule has 0 bridgehead atoms. The highest BCUT2D eigenvalue weighted by atomic mass is 16.6. The Hall–Kier alpha value is -2.58. The SMILES string of the molecule is COC(=O)C1=C[C@H]2OC(C)=N[C@H]2[C@H]([C@H](C)[C@@H](COC(C)=O)OC(C)=O)O1. The summed E-state index contributed by atoms with van der Waals surface area (Å²) in [5.41, 5.74) is 0. The quantitative estimate of drug-likeness (QED) is 0.498. The molecule has 9 heteroatoms. The first-order valence-corrected chi connectivity index (χ1v) is 8.21. The lowest BCUT2D eigenvalue weighted by Crippen LogP contribution is -2.48. The molecule has 0 amide bonds. The van der Waals surface area contributed by atoms with Crippen molar-refractivity contribution >= 4 is 23.8 Å². The molecule has 0 radical (unpaired) electrons. The van der Waals surface area contributed by atoms with Gasteiger partial charge in [-0.15, -0.1) is 0 Å². The summed E-state index contributed by atoms with van der Waals surface area (Å²) < 4.78 is 26.4. The number of carbonyl (C=O) groups is 3. The predicted molar refractivity (Wildman–Crippen MR) is 88.1 cm³/mol. The van der Waals surface area contributed by atoms with E-state index in [2.05, 4.69) is 4.99 Å². The van der Waals surface area contributed by atoms with Crippen molar-refractivity contribution in [3.63, 3.8) is 0 Å². The summed E-state index contributed by atoms with van der Waals surface area (Å²) in [5.74, 6) is -1.63. The second-order valence-electron chi connectivity index (χ2n) is 6.14. The van der Waals surface area contributed by atoms with Crippen LogP contribution in [-0.4, -0.2) is 61.9 Å². The molecule has 26 heavy (non-hydrogen) atoms. The molecule has 0 unspecified atom stereocenters. The largest absolute Gasteiger partial charge is 0.480 e. The molecule has 0 saturated carbocycles. The van der Waals surface area contributed by atoms with E-state index in [1.807, 2.05) is 0 Å². The first kappa shape index (κ1) is 19.7. The first-order chi connectivity index (χ1) is 12.2. The van der Waals surface area contributed by atoms with Crippen LogP contribution in [0.15, 0.2) is 16.8 Å². The number of methoxy groups -OCH3 is 1. The maximum atomic E-state index is 11.9. The Balaban J connectivity index is 2.25. The molecule has 2 aliphatic rings. The number of hydrogen-bond acceptors (Lipinski definition) is 9. The smallest absolute Gasteiger partial charge is 0.373 e. The fourth-order valence-corrected chi connectivity index (χ4v) is 2.93. The molecule has 0 aromatic heterocycles. The van der Waals surface area contributed by atoms with Gasteiger partial charge in [0.15, 0.2) is 5.90 Å². The number of rotatable bonds is 6. The fourth-order valence-electron chi connectivity index (χ4n) is 2.93. The van der Waals surface area contributed by atoms with Crippen molar-refractivity contribution in [3.05, 3.63) is 11.8 Å². The lowest BCUT2D eigenvalue weighted by molar-refractivity contribution is -0.165. The monoisotopic (exact) mass is 369 g/mol. The van der Waals surface area contributed by atoms with Crippen LogP contribution in [0.4, 0.5) is 0 Å². The van der Waals surface area contributed by atoms with Crippen LogP contribution in [0.25, 0.3) is 0 Å². The zero-order valence-electron chi connectivity index (χ0n) is 15.4. The zero-order chi connectivity index (χ0) is 19.4. The molecule has 144 valence electrons. The Morgan fingerprint density at radius 3 is 2.50 bits per heavy atom. The van der Waals surface area contributed by atoms with Gasteiger partial charge < -0.3 is 23.7 Å². The van der Waals surface area contributed by atoms with Gasteiger partial charge in [-0.1, -0.05) is 6.92 Å². The lowest BCUT2D eigenvalue weighted by Gasteiger charge is -2.36. The van der Waals surface area contributed by atoms with Crippen molar-refractivity contribution in [2.75, 3.05) is 13.7 Å². The van der Waals surface area contributed by atoms with Crippen LogP contribution in [0.2, 0.25) is 0 Å². The summed E-state index contributed by atoms with van der Waals surface area (Å²) in [5, 5.41) is 0. The zero-order valence-corrected chi connectivity index (χ0v) is 15.4. The third-order valence-electron chi connectivity index (χ3n) is 4.15. The standard InChI is InChI=1S/C17H23NO8/c1-8(14(25-11(4)20)7-23-10(3)19)16-15-12(24-9(2)18-15)6-13(26-16)17(21)22-5/h6,8,12,14-16H,7H2,1-5H3/t8-,12-,14-,15-,16+/m1/s1. The van der Waals surface area contributed by atoms with Crippen LogP contribution >= 0.6 is 0 Å². The summed E-state index contributed by atoms with van der Waals surface area (Å²) in [6.07, 6.45) is -0.379. The Morgan fingerprint density at radius 2 is 1.92 bits per heavy atom. The minimum atomic E-state index is -0.768. The minimum Gasteiger partial charge on any atom is -0.480 e. The average molecular weight is 369 g/mol. The van der Waals surface area contributed by atoms with Crippen molar-refractivity contribution in [2.24, 2.45) is 10.9 Å². The maximum Gasteiger partial charge on any atom is 0.373 e. The van der Waals surface area contributed by atoms with E-state index in [0.29, 0.717) is 5.90 Å². The highest BCUT2D eigenvalue weighted by Crippen LogP contribution is 2.33. The third kappa shape index (κ3) is 4.53. The van der Waals surface area contributed by atoms with E-state index >= 15 is 0 Å². The molecule has 0 aromatic rings. The van der Waals surface area contributed by atoms with Crippen LogP contribution < -0.4 is 0 Å². The molecule has 0 spiro atoms. The Kier molecular flexibility index (Phi) is 6.23. The van der Waals surface area contributed by atoms with Gasteiger partial charge in [0, 0.05) is 32.8 Å². The van der Waals surface area contributed by atoms with Crippen molar-refractivity contribution < 1.29 is 38.1 Å². The summed E-state index contributed by atoms with van der Waals surface area (Å²) in [6, 6.07) is -0.422. The van der Waals surface area contributed by atoms with Crippen LogP contribution in [-0.2, 0) is 38.1 Å². The van der Waals surface area contributed by atoms with Crippen LogP contribution in [0.1, 0.15) is 27.7 Å². The number of ether oxygens (including phenoxy) is 5. The van der Waals surface area contributed by atoms with Crippen molar-refractivity contribution in [1.82, 2.24) is 0 Å². The topological polar surface area (TPSA) is 110 Å². The van der Waals surface area contributed by atoms with E-state index in [9.17, 15) is 14.4 Å². The molecule has 0 aromatic carbocycles. The Morgan fingerprint density at radius 1 is 1.23 bits per heavy atom. The second kappa shape index (κ2) is 8.20. The number of esters is 3. The molecule has 0 aliphatic carbocycles. The molecule has 0 saturated heterocycles. The lowest BCUT2D eigenvalue weighted by atomic mass is 9.88. The molecule has 2 heterocycles. The van der Waals surface area contributed by atoms with Gasteiger partial charge in [0.1, 0.15) is 31.0 Å². The van der Waals surface area contributed by atoms with Crippen LogP contribution in [0.3, 0.4) is 0 Å². The van der Waals surface area contributed by atoms with Gasteiger partial charge >= 0.3 is 17.9 Å². The molecular formula is C17H23NO8. The molecule has 0 fully saturated rings. The van der Waals surface area contributed by atoms with Gasteiger partial charge in [-0.3, -0.25) is 9.59 Å². The number of nitrogens with zero attached hydrogens (tertiary/aromatic N) is 1. The normalized spacial score (nSPS) is 26.1. The molecular weight excluding hydrogens is 346 g/mol. The summed E-state index contributed by atoms with van der Waals surface area (Å²) in [6.45, 7) is 5.86. The first-order valence-electron chi connectivity index (χ1n) is 8.21. The summed E-state index contributed by atoms with van der Waals surface area (Å²) in [7, 11) is 1.25. The fraction of sp³-hybridized carbons (Fsp3) is 0.647. The third-order valence-corrected chi connectivity index (χ3v) is 4.15. The van der Waals surface area contributed by atoms with Gasteiger partial charge in [-0.05, 0) is 0 Å². The molecule has 5 atom stereocenters. The Bertz CT molecular complexity index is 641. The number of carbonyl (C=O) groups excluding carboxylic acids is 3. The van der Waals surface area contributed by atoms with Gasteiger partial charge in [0.25, 0.3) is 0 Å². The van der Waals surface area contributed by atoms with Crippen LogP contribution in [0.5, 0.6) is 0 Å². The van der Waals surface area contributed by atoms with Crippen molar-refractivity contribution in [3.8, 4) is 0 Å². The average Bonchev–Trinajstić information content (AvgIpc) is 2.95. The van der Waals surface area contributed by atoms with Gasteiger partial charge in [0.2, 0.25) is 5.76 Å². The second-order valence-corrected chi connectivity index (χ2v) is 6.14. The number of fused-ring (bicyclic) bond motifs is 1. The number of aliphatic imine (C=N–C) groups is 1. The molecule has 0 N–H and O–H groups in total. The van der Waals surface area contributed by atoms with E-state index in [0.717, 1.165) is 0 Å². The van der Waals surface area contributed by atoms with E-state index in [4.69, 9.17) is 23.7 Å². The van der Waals surface area contributed by atoms with Gasteiger partial charge in [-0.2, -0.15) is 0 Å². The van der Waals surface area contributed by atoms with E-state index in [1.165, 1.54) is 27.0 Å². The van der Waals surface area contributed by atoms with Crippen molar-refractivity contribution in [1.29, 1.82) is 0 Å². The number of hydrogen-bond donors (Lipinski definition) is 0. The van der Waals surface area contributed by atoms with E-state index in [-0.39, 0.29) is 12.4 Å². The molecule has 2 rings (SSSR count). The minimum absolute atomic E-state index is 0.00422. The van der Waals surface area contributed by atoms with E-state index < -0.39 is 48.2 Å².